The van der Waals surface area contributed by atoms with Gasteiger partial charge in [0.15, 0.2) is 0 Å². The Morgan fingerprint density at radius 1 is 0.826 bits per heavy atom. The van der Waals surface area contributed by atoms with E-state index in [1.54, 1.807) is 0 Å². The smallest absolute Gasteiger partial charge is 0.305 e. The first-order chi connectivity index (χ1) is 11.1. The second kappa shape index (κ2) is 15.8. The van der Waals surface area contributed by atoms with Crippen LogP contribution in [0.2, 0.25) is 0 Å². The van der Waals surface area contributed by atoms with Gasteiger partial charge in [-0.1, -0.05) is 58.8 Å². The van der Waals surface area contributed by atoms with Crippen molar-refractivity contribution in [2.24, 2.45) is 0 Å². The molecule has 0 aromatic heterocycles. The van der Waals surface area contributed by atoms with Crippen molar-refractivity contribution < 1.29 is 19.4 Å². The van der Waals surface area contributed by atoms with E-state index in [4.69, 9.17) is 9.84 Å². The van der Waals surface area contributed by atoms with Gasteiger partial charge in [0.25, 0.3) is 0 Å². The fourth-order valence-corrected chi connectivity index (χ4v) is 2.69. The number of hydrogen-bond donors (Lipinski definition) is 1. The zero-order valence-corrected chi connectivity index (χ0v) is 15.1. The number of esters is 1. The molecule has 0 heterocycles. The molecule has 4 heteroatoms. The molecule has 1 N–H and O–H groups in total. The summed E-state index contributed by atoms with van der Waals surface area (Å²) in [6.07, 6.45) is 13.8. The zero-order valence-electron chi connectivity index (χ0n) is 15.1. The molecule has 0 aliphatic rings. The topological polar surface area (TPSA) is 63.6 Å². The van der Waals surface area contributed by atoms with Crippen molar-refractivity contribution in [3.63, 3.8) is 0 Å². The minimum Gasteiger partial charge on any atom is -0.481 e. The molecule has 0 rings (SSSR count). The number of hydrogen-bond acceptors (Lipinski definition) is 3. The van der Waals surface area contributed by atoms with Gasteiger partial charge in [0.1, 0.15) is 6.10 Å². The van der Waals surface area contributed by atoms with Gasteiger partial charge in [-0.2, -0.15) is 0 Å². The minimum absolute atomic E-state index is 0.0492. The predicted octanol–water partition coefficient (Wildman–Crippen LogP) is 5.48. The molecule has 0 aromatic carbocycles. The second-order valence-electron chi connectivity index (χ2n) is 6.37. The Bertz CT molecular complexity index is 302. The van der Waals surface area contributed by atoms with Crippen molar-refractivity contribution >= 4 is 11.9 Å². The maximum absolute atomic E-state index is 11.5. The summed E-state index contributed by atoms with van der Waals surface area (Å²) in [7, 11) is 0. The standard InChI is InChI=1S/C19H36O4/c1-3-5-6-7-8-11-14-17(23-19(22)4-2)15-12-9-10-13-16-18(20)21/h17H,3-16H2,1-2H3,(H,20,21). The number of carbonyl (C=O) groups is 2. The Labute approximate surface area is 142 Å². The molecular weight excluding hydrogens is 292 g/mol. The summed E-state index contributed by atoms with van der Waals surface area (Å²) in [6, 6.07) is 0. The summed E-state index contributed by atoms with van der Waals surface area (Å²) in [5.74, 6) is -0.824. The van der Waals surface area contributed by atoms with Crippen LogP contribution >= 0.6 is 0 Å². The van der Waals surface area contributed by atoms with E-state index in [2.05, 4.69) is 6.92 Å². The van der Waals surface area contributed by atoms with Crippen molar-refractivity contribution in [2.75, 3.05) is 0 Å². The van der Waals surface area contributed by atoms with E-state index in [1.165, 1.54) is 32.1 Å². The summed E-state index contributed by atoms with van der Waals surface area (Å²) in [5, 5.41) is 8.60. The number of carboxylic acids is 1. The highest BCUT2D eigenvalue weighted by atomic mass is 16.5. The molecule has 0 aromatic rings. The zero-order chi connectivity index (χ0) is 17.3. The third-order valence-corrected chi connectivity index (χ3v) is 4.13. The summed E-state index contributed by atoms with van der Waals surface area (Å²) < 4.78 is 5.54. The average molecular weight is 328 g/mol. The first-order valence-corrected chi connectivity index (χ1v) is 9.51. The molecular formula is C19H36O4. The molecule has 0 bridgehead atoms. The molecule has 0 aliphatic carbocycles. The Morgan fingerprint density at radius 3 is 1.87 bits per heavy atom. The van der Waals surface area contributed by atoms with Crippen LogP contribution in [-0.4, -0.2) is 23.1 Å². The molecule has 1 unspecified atom stereocenters. The van der Waals surface area contributed by atoms with Gasteiger partial charge < -0.3 is 9.84 Å². The van der Waals surface area contributed by atoms with E-state index >= 15 is 0 Å². The lowest BCUT2D eigenvalue weighted by Gasteiger charge is -2.17. The van der Waals surface area contributed by atoms with Crippen LogP contribution in [0.25, 0.3) is 0 Å². The van der Waals surface area contributed by atoms with E-state index in [-0.39, 0.29) is 18.5 Å². The number of unbranched alkanes of at least 4 members (excludes halogenated alkanes) is 8. The van der Waals surface area contributed by atoms with Crippen molar-refractivity contribution in [3.8, 4) is 0 Å². The monoisotopic (exact) mass is 328 g/mol. The van der Waals surface area contributed by atoms with E-state index < -0.39 is 5.97 Å². The third-order valence-electron chi connectivity index (χ3n) is 4.13. The lowest BCUT2D eigenvalue weighted by Crippen LogP contribution is -2.17. The van der Waals surface area contributed by atoms with Crippen LogP contribution in [0.5, 0.6) is 0 Å². The van der Waals surface area contributed by atoms with Gasteiger partial charge in [0, 0.05) is 12.8 Å². The van der Waals surface area contributed by atoms with Gasteiger partial charge in [-0.3, -0.25) is 9.59 Å². The Kier molecular flexibility index (Phi) is 15.1. The minimum atomic E-state index is -0.720. The normalized spacial score (nSPS) is 12.1. The molecule has 4 nitrogen and oxygen atoms in total. The SMILES string of the molecule is CCCCCCCCC(CCCCCCC(=O)O)OC(=O)CC. The van der Waals surface area contributed by atoms with Crippen molar-refractivity contribution in [1.82, 2.24) is 0 Å². The number of ether oxygens (including phenoxy) is 1. The number of carbonyl (C=O) groups excluding carboxylic acids is 1. The van der Waals surface area contributed by atoms with Crippen LogP contribution in [0, 0.1) is 0 Å². The van der Waals surface area contributed by atoms with E-state index in [0.717, 1.165) is 44.9 Å². The van der Waals surface area contributed by atoms with Crippen LogP contribution in [0.4, 0.5) is 0 Å². The molecule has 1 atom stereocenters. The lowest BCUT2D eigenvalue weighted by molar-refractivity contribution is -0.149. The number of aliphatic carboxylic acids is 1. The average Bonchev–Trinajstić information content (AvgIpc) is 2.53. The summed E-state index contributed by atoms with van der Waals surface area (Å²) >= 11 is 0. The van der Waals surface area contributed by atoms with Gasteiger partial charge in [0.05, 0.1) is 0 Å². The molecule has 0 fully saturated rings. The van der Waals surface area contributed by atoms with Gasteiger partial charge in [-0.05, 0) is 32.1 Å². The van der Waals surface area contributed by atoms with E-state index in [9.17, 15) is 9.59 Å². The highest BCUT2D eigenvalue weighted by Crippen LogP contribution is 2.17. The maximum atomic E-state index is 11.5. The van der Waals surface area contributed by atoms with Gasteiger partial charge >= 0.3 is 11.9 Å². The van der Waals surface area contributed by atoms with Crippen molar-refractivity contribution in [1.29, 1.82) is 0 Å². The largest absolute Gasteiger partial charge is 0.481 e. The van der Waals surface area contributed by atoms with Crippen molar-refractivity contribution in [3.05, 3.63) is 0 Å². The summed E-state index contributed by atoms with van der Waals surface area (Å²) in [4.78, 5) is 22.0. The maximum Gasteiger partial charge on any atom is 0.305 e. The van der Waals surface area contributed by atoms with Gasteiger partial charge in [-0.15, -0.1) is 0 Å². The molecule has 0 spiro atoms. The molecule has 23 heavy (non-hydrogen) atoms. The van der Waals surface area contributed by atoms with E-state index in [0.29, 0.717) is 6.42 Å². The molecule has 0 amide bonds. The molecule has 0 saturated carbocycles. The van der Waals surface area contributed by atoms with Crippen LogP contribution < -0.4 is 0 Å². The highest BCUT2D eigenvalue weighted by molar-refractivity contribution is 5.69. The third kappa shape index (κ3) is 15.6. The molecule has 136 valence electrons. The predicted molar refractivity (Wildman–Crippen MR) is 93.5 cm³/mol. The second-order valence-corrected chi connectivity index (χ2v) is 6.37. The first kappa shape index (κ1) is 21.9. The highest BCUT2D eigenvalue weighted by Gasteiger charge is 2.13. The summed E-state index contributed by atoms with van der Waals surface area (Å²) in [5.41, 5.74) is 0. The quantitative estimate of drug-likeness (QED) is 0.301. The van der Waals surface area contributed by atoms with Crippen molar-refractivity contribution in [2.45, 2.75) is 110 Å². The Balaban J connectivity index is 3.82. The number of carboxylic acid groups (broad SMARTS) is 1. The molecule has 0 saturated heterocycles. The van der Waals surface area contributed by atoms with E-state index in [1.807, 2.05) is 6.92 Å². The fourth-order valence-electron chi connectivity index (χ4n) is 2.69. The Morgan fingerprint density at radius 2 is 1.35 bits per heavy atom. The number of rotatable bonds is 16. The molecule has 0 radical (unpaired) electrons. The van der Waals surface area contributed by atoms with Crippen LogP contribution in [0.3, 0.4) is 0 Å². The first-order valence-electron chi connectivity index (χ1n) is 9.51. The lowest BCUT2D eigenvalue weighted by atomic mass is 10.0. The summed E-state index contributed by atoms with van der Waals surface area (Å²) in [6.45, 7) is 4.05. The van der Waals surface area contributed by atoms with Crippen LogP contribution in [0.15, 0.2) is 0 Å². The Hall–Kier alpha value is -1.06. The van der Waals surface area contributed by atoms with Crippen LogP contribution in [0.1, 0.15) is 104 Å². The fraction of sp³-hybridized carbons (Fsp3) is 0.895. The molecule has 0 aliphatic heterocycles. The van der Waals surface area contributed by atoms with Gasteiger partial charge in [-0.25, -0.2) is 0 Å². The van der Waals surface area contributed by atoms with Crippen LogP contribution in [-0.2, 0) is 14.3 Å². The van der Waals surface area contributed by atoms with Gasteiger partial charge in [0.2, 0.25) is 0 Å².